The van der Waals surface area contributed by atoms with E-state index in [1.807, 2.05) is 0 Å². The number of aliphatic carboxylic acids is 1. The number of phenols is 1. The Balaban J connectivity index is 2.63. The molecule has 3 nitrogen and oxygen atoms in total. The minimum Gasteiger partial charge on any atom is -0.506 e. The number of aromatic hydroxyl groups is 1. The van der Waals surface area contributed by atoms with E-state index in [9.17, 15) is 19.4 Å². The molecule has 1 fully saturated rings. The summed E-state index contributed by atoms with van der Waals surface area (Å²) < 4.78 is 13.6. The van der Waals surface area contributed by atoms with Crippen LogP contribution < -0.4 is 0 Å². The van der Waals surface area contributed by atoms with E-state index in [0.717, 1.165) is 18.6 Å². The van der Waals surface area contributed by atoms with Crippen molar-refractivity contribution >= 4 is 17.6 Å². The molecule has 0 amide bonds. The third-order valence-electron chi connectivity index (χ3n) is 3.17. The van der Waals surface area contributed by atoms with Crippen LogP contribution in [0.5, 0.6) is 5.75 Å². The van der Waals surface area contributed by atoms with Gasteiger partial charge in [-0.25, -0.2) is 4.39 Å². The van der Waals surface area contributed by atoms with Gasteiger partial charge in [0.25, 0.3) is 0 Å². The van der Waals surface area contributed by atoms with Crippen molar-refractivity contribution in [3.05, 3.63) is 28.5 Å². The molecule has 0 unspecified atom stereocenters. The van der Waals surface area contributed by atoms with Crippen LogP contribution in [0.15, 0.2) is 12.1 Å². The van der Waals surface area contributed by atoms with Crippen molar-refractivity contribution < 1.29 is 19.4 Å². The van der Waals surface area contributed by atoms with Gasteiger partial charge in [-0.3, -0.25) is 4.79 Å². The SMILES string of the molecule is O=C(O)C1(c2c(F)ccc(O)c2Cl)CCC1. The fourth-order valence-corrected chi connectivity index (χ4v) is 2.42. The van der Waals surface area contributed by atoms with Gasteiger partial charge >= 0.3 is 5.97 Å². The number of hydrogen-bond acceptors (Lipinski definition) is 2. The highest BCUT2D eigenvalue weighted by Gasteiger charge is 2.49. The molecule has 2 rings (SSSR count). The van der Waals surface area contributed by atoms with Crippen LogP contribution in [0.3, 0.4) is 0 Å². The topological polar surface area (TPSA) is 57.5 Å². The first-order valence-corrected chi connectivity index (χ1v) is 5.28. The lowest BCUT2D eigenvalue weighted by Crippen LogP contribution is -2.43. The van der Waals surface area contributed by atoms with Crippen LogP contribution in [-0.2, 0) is 10.2 Å². The van der Waals surface area contributed by atoms with Crippen molar-refractivity contribution in [1.29, 1.82) is 0 Å². The lowest BCUT2D eigenvalue weighted by atomic mass is 9.64. The summed E-state index contributed by atoms with van der Waals surface area (Å²) in [7, 11) is 0. The van der Waals surface area contributed by atoms with Gasteiger partial charge in [0.2, 0.25) is 0 Å². The molecular weight excluding hydrogens is 235 g/mol. The van der Waals surface area contributed by atoms with Crippen molar-refractivity contribution in [3.8, 4) is 5.75 Å². The summed E-state index contributed by atoms with van der Waals surface area (Å²) in [4.78, 5) is 11.2. The lowest BCUT2D eigenvalue weighted by molar-refractivity contribution is -0.147. The molecule has 86 valence electrons. The Morgan fingerprint density at radius 1 is 1.44 bits per heavy atom. The molecule has 2 N–H and O–H groups in total. The van der Waals surface area contributed by atoms with Crippen LogP contribution in [0.4, 0.5) is 4.39 Å². The van der Waals surface area contributed by atoms with E-state index in [2.05, 4.69) is 0 Å². The van der Waals surface area contributed by atoms with Crippen molar-refractivity contribution in [1.82, 2.24) is 0 Å². The number of carbonyl (C=O) groups is 1. The summed E-state index contributed by atoms with van der Waals surface area (Å²) in [6.45, 7) is 0. The van der Waals surface area contributed by atoms with Gasteiger partial charge in [-0.2, -0.15) is 0 Å². The lowest BCUT2D eigenvalue weighted by Gasteiger charge is -2.38. The molecule has 0 spiro atoms. The van der Waals surface area contributed by atoms with E-state index >= 15 is 0 Å². The summed E-state index contributed by atoms with van der Waals surface area (Å²) in [6.07, 6.45) is 1.42. The van der Waals surface area contributed by atoms with Crippen LogP contribution >= 0.6 is 11.6 Å². The summed E-state index contributed by atoms with van der Waals surface area (Å²) >= 11 is 5.79. The first-order valence-electron chi connectivity index (χ1n) is 4.90. The molecule has 1 aromatic rings. The van der Waals surface area contributed by atoms with Crippen LogP contribution in [0.1, 0.15) is 24.8 Å². The van der Waals surface area contributed by atoms with Crippen LogP contribution in [0.25, 0.3) is 0 Å². The first-order chi connectivity index (χ1) is 7.49. The monoisotopic (exact) mass is 244 g/mol. The van der Waals surface area contributed by atoms with Crippen molar-refractivity contribution in [2.24, 2.45) is 0 Å². The van der Waals surface area contributed by atoms with Crippen molar-refractivity contribution in [2.75, 3.05) is 0 Å². The Labute approximate surface area is 96.5 Å². The highest BCUT2D eigenvalue weighted by molar-refractivity contribution is 6.33. The smallest absolute Gasteiger partial charge is 0.314 e. The molecule has 0 bridgehead atoms. The molecule has 1 aliphatic carbocycles. The second-order valence-electron chi connectivity index (χ2n) is 4.00. The summed E-state index contributed by atoms with van der Waals surface area (Å²) in [5, 5.41) is 18.4. The molecule has 0 aromatic heterocycles. The number of carboxylic acids is 1. The van der Waals surface area contributed by atoms with Gasteiger partial charge < -0.3 is 10.2 Å². The Morgan fingerprint density at radius 3 is 2.50 bits per heavy atom. The van der Waals surface area contributed by atoms with Crippen molar-refractivity contribution in [2.45, 2.75) is 24.7 Å². The maximum absolute atomic E-state index is 13.6. The first kappa shape index (κ1) is 11.2. The van der Waals surface area contributed by atoms with Crippen LogP contribution in [0, 0.1) is 5.82 Å². The van der Waals surface area contributed by atoms with Crippen LogP contribution in [0.2, 0.25) is 5.02 Å². The Morgan fingerprint density at radius 2 is 2.06 bits per heavy atom. The molecule has 1 saturated carbocycles. The molecule has 1 aliphatic rings. The van der Waals surface area contributed by atoms with Gasteiger partial charge in [0.15, 0.2) is 0 Å². The number of phenolic OH excluding ortho intramolecular Hbond substituents is 1. The van der Waals surface area contributed by atoms with Gasteiger partial charge in [0.05, 0.1) is 10.4 Å². The molecule has 0 aliphatic heterocycles. The average Bonchev–Trinajstić information content (AvgIpc) is 2.15. The standard InChI is InChI=1S/C11H10ClFO3/c12-9-7(14)3-2-6(13)8(9)11(10(15)16)4-1-5-11/h2-3,14H,1,4-5H2,(H,15,16). The van der Waals surface area contributed by atoms with Crippen molar-refractivity contribution in [3.63, 3.8) is 0 Å². The highest BCUT2D eigenvalue weighted by Crippen LogP contribution is 2.49. The Bertz CT molecular complexity index is 455. The molecule has 1 aromatic carbocycles. The molecule has 0 atom stereocenters. The fourth-order valence-electron chi connectivity index (χ4n) is 2.08. The third-order valence-corrected chi connectivity index (χ3v) is 3.55. The summed E-state index contributed by atoms with van der Waals surface area (Å²) in [6, 6.07) is 2.16. The molecule has 16 heavy (non-hydrogen) atoms. The number of benzene rings is 1. The van der Waals surface area contributed by atoms with E-state index in [1.54, 1.807) is 0 Å². The molecular formula is C11H10ClFO3. The van der Waals surface area contributed by atoms with Gasteiger partial charge in [-0.1, -0.05) is 18.0 Å². The quantitative estimate of drug-likeness (QED) is 0.841. The second kappa shape index (κ2) is 3.63. The average molecular weight is 245 g/mol. The minimum atomic E-state index is -1.26. The zero-order valence-corrected chi connectivity index (χ0v) is 9.09. The summed E-state index contributed by atoms with van der Waals surface area (Å²) in [5.41, 5.74) is -1.35. The molecule has 0 heterocycles. The van der Waals surface area contributed by atoms with E-state index in [-0.39, 0.29) is 16.3 Å². The number of rotatable bonds is 2. The van der Waals surface area contributed by atoms with E-state index < -0.39 is 17.2 Å². The zero-order valence-electron chi connectivity index (χ0n) is 8.33. The second-order valence-corrected chi connectivity index (χ2v) is 4.37. The number of carboxylic acid groups (broad SMARTS) is 1. The third kappa shape index (κ3) is 1.37. The highest BCUT2D eigenvalue weighted by atomic mass is 35.5. The maximum atomic E-state index is 13.6. The largest absolute Gasteiger partial charge is 0.506 e. The van der Waals surface area contributed by atoms with Gasteiger partial charge in [0, 0.05) is 5.56 Å². The maximum Gasteiger partial charge on any atom is 0.314 e. The Kier molecular flexibility index (Phi) is 2.54. The predicted octanol–water partition coefficient (Wildman–Crippen LogP) is 2.69. The van der Waals surface area contributed by atoms with Crippen LogP contribution in [-0.4, -0.2) is 16.2 Å². The fraction of sp³-hybridized carbons (Fsp3) is 0.364. The summed E-state index contributed by atoms with van der Waals surface area (Å²) in [5.74, 6) is -2.05. The van der Waals surface area contributed by atoms with E-state index in [1.165, 1.54) is 0 Å². The predicted molar refractivity (Wildman–Crippen MR) is 56.2 cm³/mol. The Hall–Kier alpha value is -1.29. The normalized spacial score (nSPS) is 17.9. The molecule has 0 saturated heterocycles. The molecule has 0 radical (unpaired) electrons. The number of halogens is 2. The van der Waals surface area contributed by atoms with Gasteiger partial charge in [-0.15, -0.1) is 0 Å². The minimum absolute atomic E-state index is 0.0899. The van der Waals surface area contributed by atoms with E-state index in [4.69, 9.17) is 11.6 Å². The number of hydrogen-bond donors (Lipinski definition) is 2. The van der Waals surface area contributed by atoms with Gasteiger partial charge in [0.1, 0.15) is 11.6 Å². The molecule has 5 heteroatoms. The van der Waals surface area contributed by atoms with Gasteiger partial charge in [-0.05, 0) is 25.0 Å². The zero-order chi connectivity index (χ0) is 11.9. The van der Waals surface area contributed by atoms with E-state index in [0.29, 0.717) is 12.8 Å².